The number of hydrogen-bond acceptors (Lipinski definition) is 4. The lowest BCUT2D eigenvalue weighted by Crippen LogP contribution is -2.04. The largest absolute Gasteiger partial charge is 0.394 e. The molecule has 0 saturated carbocycles. The van der Waals surface area contributed by atoms with Gasteiger partial charge in [0, 0.05) is 0 Å². The Bertz CT molecular complexity index is 427. The Balaban J connectivity index is 2.55. The van der Waals surface area contributed by atoms with Crippen LogP contribution in [0.2, 0.25) is 5.15 Å². The number of fused-ring (bicyclic) bond motifs is 1. The average molecular weight is 199 g/mol. The van der Waals surface area contributed by atoms with Crippen LogP contribution in [-0.4, -0.2) is 31.5 Å². The Morgan fingerprint density at radius 3 is 3.08 bits per heavy atom. The van der Waals surface area contributed by atoms with Gasteiger partial charge in [-0.15, -0.1) is 0 Å². The molecule has 2 rings (SSSR count). The van der Waals surface area contributed by atoms with Crippen molar-refractivity contribution in [1.82, 2.24) is 19.7 Å². The number of rotatable bonds is 2. The SMILES string of the molecule is OCCn1ncc2nc(Cl)cnc21. The predicted octanol–water partition coefficient (Wildman–Crippen LogP) is 0.472. The minimum absolute atomic E-state index is 0.0289. The van der Waals surface area contributed by atoms with Gasteiger partial charge in [0.15, 0.2) is 5.65 Å². The van der Waals surface area contributed by atoms with Gasteiger partial charge in [0.25, 0.3) is 0 Å². The van der Waals surface area contributed by atoms with Crippen LogP contribution in [0, 0.1) is 0 Å². The van der Waals surface area contributed by atoms with E-state index in [1.807, 2.05) is 0 Å². The fourth-order valence-corrected chi connectivity index (χ4v) is 1.24. The van der Waals surface area contributed by atoms with Crippen molar-refractivity contribution in [2.75, 3.05) is 6.61 Å². The third kappa shape index (κ3) is 1.48. The number of aliphatic hydroxyl groups excluding tert-OH is 1. The number of nitrogens with zero attached hydrogens (tertiary/aromatic N) is 4. The zero-order valence-electron chi connectivity index (χ0n) is 6.68. The summed E-state index contributed by atoms with van der Waals surface area (Å²) in [5.74, 6) is 0. The highest BCUT2D eigenvalue weighted by Gasteiger charge is 2.04. The Kier molecular flexibility index (Phi) is 2.12. The number of aliphatic hydroxyl groups is 1. The molecule has 0 saturated heterocycles. The first-order valence-electron chi connectivity index (χ1n) is 3.76. The highest BCUT2D eigenvalue weighted by atomic mass is 35.5. The van der Waals surface area contributed by atoms with Gasteiger partial charge in [-0.05, 0) is 0 Å². The molecule has 13 heavy (non-hydrogen) atoms. The highest BCUT2D eigenvalue weighted by Crippen LogP contribution is 2.10. The molecule has 5 nitrogen and oxygen atoms in total. The first-order valence-corrected chi connectivity index (χ1v) is 4.14. The van der Waals surface area contributed by atoms with Crippen molar-refractivity contribution in [3.05, 3.63) is 17.5 Å². The van der Waals surface area contributed by atoms with Crippen molar-refractivity contribution in [1.29, 1.82) is 0 Å². The molecule has 0 bridgehead atoms. The second kappa shape index (κ2) is 3.27. The average Bonchev–Trinajstić information content (AvgIpc) is 2.49. The normalized spacial score (nSPS) is 10.9. The van der Waals surface area contributed by atoms with Gasteiger partial charge >= 0.3 is 0 Å². The third-order valence-electron chi connectivity index (χ3n) is 1.63. The van der Waals surface area contributed by atoms with Gasteiger partial charge in [0.05, 0.1) is 25.5 Å². The summed E-state index contributed by atoms with van der Waals surface area (Å²) in [6.07, 6.45) is 3.03. The van der Waals surface area contributed by atoms with E-state index in [1.54, 1.807) is 10.9 Å². The van der Waals surface area contributed by atoms with Gasteiger partial charge in [0.1, 0.15) is 10.7 Å². The summed E-state index contributed by atoms with van der Waals surface area (Å²) in [4.78, 5) is 8.07. The highest BCUT2D eigenvalue weighted by molar-refractivity contribution is 6.29. The Hall–Kier alpha value is -1.20. The zero-order valence-corrected chi connectivity index (χ0v) is 7.44. The van der Waals surface area contributed by atoms with Crippen LogP contribution in [-0.2, 0) is 6.54 Å². The second-order valence-electron chi connectivity index (χ2n) is 2.49. The maximum absolute atomic E-state index is 8.72. The van der Waals surface area contributed by atoms with Gasteiger partial charge in [-0.3, -0.25) is 0 Å². The molecule has 2 aromatic rings. The van der Waals surface area contributed by atoms with Crippen LogP contribution in [0.5, 0.6) is 0 Å². The second-order valence-corrected chi connectivity index (χ2v) is 2.88. The molecule has 68 valence electrons. The summed E-state index contributed by atoms with van der Waals surface area (Å²) in [6, 6.07) is 0. The lowest BCUT2D eigenvalue weighted by atomic mass is 10.5. The Morgan fingerprint density at radius 1 is 1.46 bits per heavy atom. The van der Waals surface area contributed by atoms with Crippen LogP contribution in [0.25, 0.3) is 11.2 Å². The Labute approximate surface area is 79.0 Å². The van der Waals surface area contributed by atoms with E-state index in [-0.39, 0.29) is 6.61 Å². The van der Waals surface area contributed by atoms with E-state index in [1.165, 1.54) is 6.20 Å². The van der Waals surface area contributed by atoms with Gasteiger partial charge in [-0.1, -0.05) is 11.6 Å². The van der Waals surface area contributed by atoms with E-state index in [4.69, 9.17) is 16.7 Å². The molecule has 0 atom stereocenters. The summed E-state index contributed by atoms with van der Waals surface area (Å²) in [6.45, 7) is 0.445. The van der Waals surface area contributed by atoms with Gasteiger partial charge in [0.2, 0.25) is 0 Å². The summed E-state index contributed by atoms with van der Waals surface area (Å²) < 4.78 is 1.58. The molecule has 2 aromatic heterocycles. The van der Waals surface area contributed by atoms with Crippen LogP contribution in [0.3, 0.4) is 0 Å². The van der Waals surface area contributed by atoms with Crippen LogP contribution in [0.4, 0.5) is 0 Å². The molecular formula is C7H7ClN4O. The van der Waals surface area contributed by atoms with Crippen molar-refractivity contribution >= 4 is 22.8 Å². The molecule has 0 spiro atoms. The maximum Gasteiger partial charge on any atom is 0.176 e. The number of aromatic nitrogens is 4. The van der Waals surface area contributed by atoms with Crippen molar-refractivity contribution in [3.63, 3.8) is 0 Å². The van der Waals surface area contributed by atoms with Gasteiger partial charge in [-0.2, -0.15) is 5.10 Å². The summed E-state index contributed by atoms with van der Waals surface area (Å²) in [5, 5.41) is 13.1. The molecule has 6 heteroatoms. The molecule has 0 aromatic carbocycles. The third-order valence-corrected chi connectivity index (χ3v) is 1.81. The molecular weight excluding hydrogens is 192 g/mol. The quantitative estimate of drug-likeness (QED) is 0.762. The van der Waals surface area contributed by atoms with Crippen LogP contribution in [0.15, 0.2) is 12.4 Å². The molecule has 2 heterocycles. The van der Waals surface area contributed by atoms with Crippen molar-refractivity contribution in [2.45, 2.75) is 6.54 Å². The van der Waals surface area contributed by atoms with Gasteiger partial charge in [-0.25, -0.2) is 14.6 Å². The van der Waals surface area contributed by atoms with Crippen LogP contribution >= 0.6 is 11.6 Å². The van der Waals surface area contributed by atoms with Crippen LogP contribution in [0.1, 0.15) is 0 Å². The summed E-state index contributed by atoms with van der Waals surface area (Å²) in [5.41, 5.74) is 1.28. The monoisotopic (exact) mass is 198 g/mol. The van der Waals surface area contributed by atoms with E-state index in [0.717, 1.165) is 0 Å². The minimum Gasteiger partial charge on any atom is -0.394 e. The topological polar surface area (TPSA) is 63.8 Å². The van der Waals surface area contributed by atoms with E-state index >= 15 is 0 Å². The van der Waals surface area contributed by atoms with E-state index in [2.05, 4.69) is 15.1 Å². The van der Waals surface area contributed by atoms with Gasteiger partial charge < -0.3 is 5.11 Å². The van der Waals surface area contributed by atoms with Crippen molar-refractivity contribution in [3.8, 4) is 0 Å². The molecule has 0 aliphatic heterocycles. The van der Waals surface area contributed by atoms with Crippen molar-refractivity contribution < 1.29 is 5.11 Å². The standard InChI is InChI=1S/C7H7ClN4O/c8-6-4-9-7-5(11-6)3-10-12(7)1-2-13/h3-4,13H,1-2H2. The molecule has 0 aliphatic carbocycles. The first kappa shape index (κ1) is 8.40. The molecule has 0 aliphatic rings. The Morgan fingerprint density at radius 2 is 2.31 bits per heavy atom. The van der Waals surface area contributed by atoms with Crippen molar-refractivity contribution in [2.24, 2.45) is 0 Å². The fraction of sp³-hybridized carbons (Fsp3) is 0.286. The zero-order chi connectivity index (χ0) is 9.26. The summed E-state index contributed by atoms with van der Waals surface area (Å²) >= 11 is 5.64. The first-order chi connectivity index (χ1) is 6.31. The number of halogens is 1. The number of hydrogen-bond donors (Lipinski definition) is 1. The van der Waals surface area contributed by atoms with E-state index in [9.17, 15) is 0 Å². The predicted molar refractivity (Wildman–Crippen MR) is 47.4 cm³/mol. The fourth-order valence-electron chi connectivity index (χ4n) is 1.10. The molecule has 0 unspecified atom stereocenters. The minimum atomic E-state index is 0.0289. The van der Waals surface area contributed by atoms with Crippen LogP contribution < -0.4 is 0 Å². The summed E-state index contributed by atoms with van der Waals surface area (Å²) in [7, 11) is 0. The van der Waals surface area contributed by atoms with E-state index in [0.29, 0.717) is 22.9 Å². The molecule has 0 amide bonds. The smallest absolute Gasteiger partial charge is 0.176 e. The molecule has 0 radical (unpaired) electrons. The maximum atomic E-state index is 8.72. The molecule has 0 fully saturated rings. The van der Waals surface area contributed by atoms with E-state index < -0.39 is 0 Å². The lowest BCUT2D eigenvalue weighted by molar-refractivity contribution is 0.271. The lowest BCUT2D eigenvalue weighted by Gasteiger charge is -1.97. The molecule has 1 N–H and O–H groups in total.